The van der Waals surface area contributed by atoms with E-state index in [1.807, 2.05) is 22.9 Å². The first-order chi connectivity index (χ1) is 9.24. The molecule has 0 unspecified atom stereocenters. The maximum absolute atomic E-state index is 5.22. The number of hydrogen-bond donors (Lipinski definition) is 1. The highest BCUT2D eigenvalue weighted by molar-refractivity contribution is 9.10. The van der Waals surface area contributed by atoms with Gasteiger partial charge in [0.1, 0.15) is 17.9 Å². The topological polar surface area (TPSA) is 52.0 Å². The number of rotatable bonds is 6. The van der Waals surface area contributed by atoms with Crippen molar-refractivity contribution < 1.29 is 4.74 Å². The number of halogens is 1. The quantitative estimate of drug-likeness (QED) is 0.885. The Bertz CT molecular complexity index is 541. The molecule has 1 aromatic heterocycles. The number of nitrogens with zero attached hydrogens (tertiary/aromatic N) is 3. The molecule has 1 heterocycles. The van der Waals surface area contributed by atoms with Crippen molar-refractivity contribution in [2.45, 2.75) is 20.0 Å². The summed E-state index contributed by atoms with van der Waals surface area (Å²) in [5.74, 6) is 1.77. The Kier molecular flexibility index (Phi) is 4.93. The molecule has 0 spiro atoms. The van der Waals surface area contributed by atoms with E-state index < -0.39 is 0 Å². The molecule has 0 atom stereocenters. The summed E-state index contributed by atoms with van der Waals surface area (Å²) in [6.45, 7) is 4.42. The first kappa shape index (κ1) is 14.0. The second-order valence-corrected chi connectivity index (χ2v) is 4.94. The molecule has 6 heteroatoms. The van der Waals surface area contributed by atoms with Crippen molar-refractivity contribution in [3.63, 3.8) is 0 Å². The Labute approximate surface area is 121 Å². The van der Waals surface area contributed by atoms with Crippen molar-refractivity contribution in [1.29, 1.82) is 0 Å². The third kappa shape index (κ3) is 3.54. The lowest BCUT2D eigenvalue weighted by molar-refractivity contribution is 0.412. The van der Waals surface area contributed by atoms with Crippen LogP contribution in [0.4, 0.5) is 0 Å². The van der Waals surface area contributed by atoms with Crippen molar-refractivity contribution in [1.82, 2.24) is 20.1 Å². The van der Waals surface area contributed by atoms with Crippen molar-refractivity contribution >= 4 is 15.9 Å². The van der Waals surface area contributed by atoms with E-state index in [1.54, 1.807) is 13.4 Å². The minimum Gasteiger partial charge on any atom is -0.496 e. The minimum atomic E-state index is 0.698. The second-order valence-electron chi connectivity index (χ2n) is 4.08. The van der Waals surface area contributed by atoms with Gasteiger partial charge in [-0.1, -0.05) is 13.0 Å². The van der Waals surface area contributed by atoms with E-state index in [1.165, 1.54) is 0 Å². The average molecular weight is 325 g/mol. The molecular weight excluding hydrogens is 308 g/mol. The van der Waals surface area contributed by atoms with E-state index in [2.05, 4.69) is 38.3 Å². The van der Waals surface area contributed by atoms with Crippen LogP contribution >= 0.6 is 15.9 Å². The lowest BCUT2D eigenvalue weighted by atomic mass is 10.2. The molecule has 1 aromatic carbocycles. The fraction of sp³-hybridized carbons (Fsp3) is 0.385. The molecule has 0 aliphatic heterocycles. The summed E-state index contributed by atoms with van der Waals surface area (Å²) >= 11 is 3.49. The van der Waals surface area contributed by atoms with Gasteiger partial charge >= 0.3 is 0 Å². The average Bonchev–Trinajstić information content (AvgIpc) is 2.84. The lowest BCUT2D eigenvalue weighted by Crippen LogP contribution is -2.17. The smallest absolute Gasteiger partial charge is 0.141 e. The van der Waals surface area contributed by atoms with Crippen LogP contribution in [0.25, 0.3) is 0 Å². The SMILES string of the molecule is CCNCc1ncnn1Cc1ccc(OC)c(Br)c1. The number of aromatic nitrogens is 3. The Morgan fingerprint density at radius 3 is 2.95 bits per heavy atom. The third-order valence-corrected chi connectivity index (χ3v) is 3.40. The number of hydrogen-bond acceptors (Lipinski definition) is 4. The highest BCUT2D eigenvalue weighted by Gasteiger charge is 2.06. The number of ether oxygens (including phenoxy) is 1. The molecule has 0 saturated heterocycles. The molecule has 0 aliphatic carbocycles. The van der Waals surface area contributed by atoms with Crippen LogP contribution in [-0.4, -0.2) is 28.4 Å². The van der Waals surface area contributed by atoms with Gasteiger partial charge in [-0.15, -0.1) is 0 Å². The minimum absolute atomic E-state index is 0.698. The van der Waals surface area contributed by atoms with Gasteiger partial charge < -0.3 is 10.1 Å². The Balaban J connectivity index is 2.12. The maximum atomic E-state index is 5.22. The van der Waals surface area contributed by atoms with Gasteiger partial charge in [0.05, 0.1) is 24.7 Å². The predicted molar refractivity (Wildman–Crippen MR) is 77.2 cm³/mol. The van der Waals surface area contributed by atoms with E-state index in [9.17, 15) is 0 Å². The predicted octanol–water partition coefficient (Wildman–Crippen LogP) is 2.21. The van der Waals surface area contributed by atoms with E-state index in [4.69, 9.17) is 4.74 Å². The van der Waals surface area contributed by atoms with Crippen LogP contribution < -0.4 is 10.1 Å². The third-order valence-electron chi connectivity index (χ3n) is 2.78. The van der Waals surface area contributed by atoms with Crippen LogP contribution in [0.15, 0.2) is 29.0 Å². The number of benzene rings is 1. The van der Waals surface area contributed by atoms with E-state index in [0.717, 1.165) is 34.7 Å². The summed E-state index contributed by atoms with van der Waals surface area (Å²) < 4.78 is 8.07. The molecule has 0 saturated carbocycles. The van der Waals surface area contributed by atoms with E-state index >= 15 is 0 Å². The van der Waals surface area contributed by atoms with Crippen molar-refractivity contribution in [3.05, 3.63) is 40.4 Å². The molecule has 102 valence electrons. The molecule has 5 nitrogen and oxygen atoms in total. The molecular formula is C13H17BrN4O. The van der Waals surface area contributed by atoms with Gasteiger partial charge in [-0.2, -0.15) is 5.10 Å². The highest BCUT2D eigenvalue weighted by atomic mass is 79.9. The summed E-state index contributed by atoms with van der Waals surface area (Å²) in [4.78, 5) is 4.26. The molecule has 19 heavy (non-hydrogen) atoms. The Morgan fingerprint density at radius 2 is 2.26 bits per heavy atom. The Morgan fingerprint density at radius 1 is 1.42 bits per heavy atom. The standard InChI is InChI=1S/C13H17BrN4O/c1-3-15-7-13-16-9-17-18(13)8-10-4-5-12(19-2)11(14)6-10/h4-6,9,15H,3,7-8H2,1-2H3. The van der Waals surface area contributed by atoms with Crippen LogP contribution in [-0.2, 0) is 13.1 Å². The first-order valence-electron chi connectivity index (χ1n) is 6.14. The molecule has 0 amide bonds. The van der Waals surface area contributed by atoms with E-state index in [-0.39, 0.29) is 0 Å². The van der Waals surface area contributed by atoms with Gasteiger partial charge in [0, 0.05) is 0 Å². The molecule has 1 N–H and O–H groups in total. The van der Waals surface area contributed by atoms with Crippen molar-refractivity contribution in [3.8, 4) is 5.75 Å². The molecule has 2 aromatic rings. The normalized spacial score (nSPS) is 10.7. The molecule has 0 bridgehead atoms. The molecule has 0 aliphatic rings. The zero-order chi connectivity index (χ0) is 13.7. The summed E-state index contributed by atoms with van der Waals surface area (Å²) in [5, 5.41) is 7.51. The van der Waals surface area contributed by atoms with Crippen LogP contribution in [0.1, 0.15) is 18.3 Å². The Hall–Kier alpha value is -1.40. The van der Waals surface area contributed by atoms with Crippen molar-refractivity contribution in [2.75, 3.05) is 13.7 Å². The highest BCUT2D eigenvalue weighted by Crippen LogP contribution is 2.25. The summed E-state index contributed by atoms with van der Waals surface area (Å²) in [5.41, 5.74) is 1.15. The van der Waals surface area contributed by atoms with Crippen LogP contribution in [0.3, 0.4) is 0 Å². The largest absolute Gasteiger partial charge is 0.496 e. The van der Waals surface area contributed by atoms with Crippen LogP contribution in [0, 0.1) is 0 Å². The van der Waals surface area contributed by atoms with Gasteiger partial charge in [-0.05, 0) is 40.2 Å². The van der Waals surface area contributed by atoms with E-state index in [0.29, 0.717) is 6.54 Å². The zero-order valence-corrected chi connectivity index (χ0v) is 12.6. The zero-order valence-electron chi connectivity index (χ0n) is 11.1. The van der Waals surface area contributed by atoms with Crippen LogP contribution in [0.2, 0.25) is 0 Å². The van der Waals surface area contributed by atoms with Gasteiger partial charge in [-0.25, -0.2) is 9.67 Å². The second kappa shape index (κ2) is 6.68. The monoisotopic (exact) mass is 324 g/mol. The number of nitrogens with one attached hydrogen (secondary N) is 1. The summed E-state index contributed by atoms with van der Waals surface area (Å²) in [6, 6.07) is 6.01. The molecule has 0 radical (unpaired) electrons. The van der Waals surface area contributed by atoms with Gasteiger partial charge in [0.2, 0.25) is 0 Å². The summed E-state index contributed by atoms with van der Waals surface area (Å²) in [7, 11) is 1.66. The van der Waals surface area contributed by atoms with Gasteiger partial charge in [0.15, 0.2) is 0 Å². The van der Waals surface area contributed by atoms with Gasteiger partial charge in [-0.3, -0.25) is 0 Å². The molecule has 2 rings (SSSR count). The van der Waals surface area contributed by atoms with Crippen LogP contribution in [0.5, 0.6) is 5.75 Å². The fourth-order valence-corrected chi connectivity index (χ4v) is 2.36. The van der Waals surface area contributed by atoms with Gasteiger partial charge in [0.25, 0.3) is 0 Å². The lowest BCUT2D eigenvalue weighted by Gasteiger charge is -2.09. The summed E-state index contributed by atoms with van der Waals surface area (Å²) in [6.07, 6.45) is 1.59. The first-order valence-corrected chi connectivity index (χ1v) is 6.93. The maximum Gasteiger partial charge on any atom is 0.141 e. The number of methoxy groups -OCH3 is 1. The molecule has 0 fully saturated rings. The van der Waals surface area contributed by atoms with Crippen molar-refractivity contribution in [2.24, 2.45) is 0 Å². The fourth-order valence-electron chi connectivity index (χ4n) is 1.78.